The molecule has 1 aliphatic heterocycles. The predicted octanol–water partition coefficient (Wildman–Crippen LogP) is 2.21. The molecule has 0 atom stereocenters. The fourth-order valence-electron chi connectivity index (χ4n) is 2.23. The van der Waals surface area contributed by atoms with Crippen LogP contribution in [0, 0.1) is 0 Å². The number of amides is 1. The Morgan fingerprint density at radius 1 is 1.38 bits per heavy atom. The molecule has 1 fully saturated rings. The van der Waals surface area contributed by atoms with Crippen molar-refractivity contribution < 1.29 is 14.6 Å². The Balaban J connectivity index is 1.95. The van der Waals surface area contributed by atoms with Gasteiger partial charge in [0.1, 0.15) is 5.75 Å². The third kappa shape index (κ3) is 4.67. The van der Waals surface area contributed by atoms with Crippen LogP contribution in [0.5, 0.6) is 5.75 Å². The summed E-state index contributed by atoms with van der Waals surface area (Å²) in [4.78, 5) is 15.9. The Hall–Kier alpha value is -0.630. The molecular formula is C14H18Br2N2O3. The number of halogens is 2. The van der Waals surface area contributed by atoms with E-state index in [9.17, 15) is 9.90 Å². The number of phenols is 1. The zero-order valence-corrected chi connectivity index (χ0v) is 15.0. The number of likely N-dealkylation sites (N-methyl/N-ethyl adjacent to an activating group) is 1. The third-order valence-electron chi connectivity index (χ3n) is 3.32. The van der Waals surface area contributed by atoms with Crippen molar-refractivity contribution in [2.75, 3.05) is 39.9 Å². The Morgan fingerprint density at radius 3 is 2.71 bits per heavy atom. The molecule has 0 aromatic heterocycles. The van der Waals surface area contributed by atoms with E-state index in [2.05, 4.69) is 31.9 Å². The van der Waals surface area contributed by atoms with E-state index >= 15 is 0 Å². The Labute approximate surface area is 141 Å². The number of aromatic hydroxyl groups is 1. The van der Waals surface area contributed by atoms with Crippen LogP contribution < -0.4 is 0 Å². The van der Waals surface area contributed by atoms with Crippen LogP contribution >= 0.6 is 31.9 Å². The van der Waals surface area contributed by atoms with Crippen LogP contribution in [0.2, 0.25) is 0 Å². The zero-order valence-electron chi connectivity index (χ0n) is 11.8. The topological polar surface area (TPSA) is 53.0 Å². The number of hydrogen-bond donors (Lipinski definition) is 1. The molecule has 0 aliphatic carbocycles. The molecule has 5 nitrogen and oxygen atoms in total. The number of hydrogen-bond acceptors (Lipinski definition) is 4. The van der Waals surface area contributed by atoms with Crippen molar-refractivity contribution in [3.8, 4) is 5.75 Å². The minimum atomic E-state index is 0.0920. The van der Waals surface area contributed by atoms with Gasteiger partial charge in [-0.25, -0.2) is 0 Å². The smallest absolute Gasteiger partial charge is 0.236 e. The Bertz CT molecular complexity index is 519. The number of benzene rings is 1. The monoisotopic (exact) mass is 420 g/mol. The van der Waals surface area contributed by atoms with Gasteiger partial charge in [0, 0.05) is 29.7 Å². The SMILES string of the molecule is CN(CC(=O)N1CCOCC1)Cc1cc(Br)cc(Br)c1O. The predicted molar refractivity (Wildman–Crippen MR) is 87.2 cm³/mol. The normalized spacial score (nSPS) is 15.5. The van der Waals surface area contributed by atoms with E-state index in [0.717, 1.165) is 10.0 Å². The molecule has 1 aromatic rings. The van der Waals surface area contributed by atoms with Gasteiger partial charge in [0.15, 0.2) is 0 Å². The number of carbonyl (C=O) groups is 1. The molecule has 2 rings (SSSR count). The lowest BCUT2D eigenvalue weighted by Gasteiger charge is -2.28. The minimum absolute atomic E-state index is 0.0920. The maximum atomic E-state index is 12.2. The maximum absolute atomic E-state index is 12.2. The highest BCUT2D eigenvalue weighted by molar-refractivity contribution is 9.11. The van der Waals surface area contributed by atoms with Gasteiger partial charge < -0.3 is 14.7 Å². The van der Waals surface area contributed by atoms with E-state index in [-0.39, 0.29) is 11.7 Å². The molecule has 0 radical (unpaired) electrons. The van der Waals surface area contributed by atoms with Crippen LogP contribution in [0.1, 0.15) is 5.56 Å². The Kier molecular flexibility index (Phi) is 6.04. The van der Waals surface area contributed by atoms with Crippen molar-refractivity contribution in [2.24, 2.45) is 0 Å². The molecule has 21 heavy (non-hydrogen) atoms. The van der Waals surface area contributed by atoms with Crippen molar-refractivity contribution in [1.82, 2.24) is 9.80 Å². The lowest BCUT2D eigenvalue weighted by Crippen LogP contribution is -2.44. The zero-order chi connectivity index (χ0) is 15.4. The van der Waals surface area contributed by atoms with Gasteiger partial charge in [0.25, 0.3) is 0 Å². The van der Waals surface area contributed by atoms with Gasteiger partial charge in [0.2, 0.25) is 5.91 Å². The minimum Gasteiger partial charge on any atom is -0.506 e. The summed E-state index contributed by atoms with van der Waals surface area (Å²) < 4.78 is 6.76. The molecule has 0 bridgehead atoms. The summed E-state index contributed by atoms with van der Waals surface area (Å²) in [6.07, 6.45) is 0. The number of rotatable bonds is 4. The van der Waals surface area contributed by atoms with Gasteiger partial charge >= 0.3 is 0 Å². The fourth-order valence-corrected chi connectivity index (χ4v) is 3.54. The van der Waals surface area contributed by atoms with Gasteiger partial charge in [-0.2, -0.15) is 0 Å². The molecule has 0 spiro atoms. The van der Waals surface area contributed by atoms with Gasteiger partial charge in [-0.15, -0.1) is 0 Å². The van der Waals surface area contributed by atoms with Crippen LogP contribution in [-0.4, -0.2) is 60.7 Å². The molecule has 0 unspecified atom stereocenters. The number of phenolic OH excluding ortho intramolecular Hbond substituents is 1. The van der Waals surface area contributed by atoms with Crippen LogP contribution in [0.4, 0.5) is 0 Å². The first-order valence-electron chi connectivity index (χ1n) is 6.68. The number of morpholine rings is 1. The standard InChI is InChI=1S/C14H18Br2N2O3/c1-17(9-13(19)18-2-4-21-5-3-18)8-10-6-11(15)7-12(16)14(10)20/h6-7,20H,2-5,8-9H2,1H3. The molecule has 1 aliphatic rings. The van der Waals surface area contributed by atoms with Gasteiger partial charge in [-0.1, -0.05) is 15.9 Å². The van der Waals surface area contributed by atoms with E-state index in [4.69, 9.17) is 4.74 Å². The molecule has 1 amide bonds. The number of ether oxygens (including phenoxy) is 1. The quantitative estimate of drug-likeness (QED) is 0.809. The van der Waals surface area contributed by atoms with Crippen LogP contribution in [0.25, 0.3) is 0 Å². The van der Waals surface area contributed by atoms with Crippen LogP contribution in [0.15, 0.2) is 21.1 Å². The number of carbonyl (C=O) groups excluding carboxylic acids is 1. The molecule has 116 valence electrons. The van der Waals surface area contributed by atoms with Crippen molar-refractivity contribution >= 4 is 37.8 Å². The summed E-state index contributed by atoms with van der Waals surface area (Å²) in [5, 5.41) is 10.0. The first-order chi connectivity index (χ1) is 9.97. The summed E-state index contributed by atoms with van der Waals surface area (Å²) in [6.45, 7) is 3.34. The fraction of sp³-hybridized carbons (Fsp3) is 0.500. The van der Waals surface area contributed by atoms with Crippen molar-refractivity contribution in [2.45, 2.75) is 6.54 Å². The average molecular weight is 422 g/mol. The summed E-state index contributed by atoms with van der Waals surface area (Å²) >= 11 is 6.71. The lowest BCUT2D eigenvalue weighted by molar-refractivity contribution is -0.136. The summed E-state index contributed by atoms with van der Waals surface area (Å²) in [5.74, 6) is 0.304. The second-order valence-electron chi connectivity index (χ2n) is 5.06. The molecular weight excluding hydrogens is 404 g/mol. The molecule has 0 saturated carbocycles. The van der Waals surface area contributed by atoms with E-state index in [1.165, 1.54) is 0 Å². The number of nitrogens with zero attached hydrogens (tertiary/aromatic N) is 2. The maximum Gasteiger partial charge on any atom is 0.236 e. The van der Waals surface area contributed by atoms with Crippen molar-refractivity contribution in [3.63, 3.8) is 0 Å². The van der Waals surface area contributed by atoms with E-state index in [0.29, 0.717) is 43.9 Å². The van der Waals surface area contributed by atoms with E-state index < -0.39 is 0 Å². The molecule has 7 heteroatoms. The molecule has 1 saturated heterocycles. The van der Waals surface area contributed by atoms with E-state index in [1.54, 1.807) is 6.07 Å². The first-order valence-corrected chi connectivity index (χ1v) is 8.27. The van der Waals surface area contributed by atoms with Gasteiger partial charge in [-0.05, 0) is 35.1 Å². The highest BCUT2D eigenvalue weighted by atomic mass is 79.9. The van der Waals surface area contributed by atoms with Gasteiger partial charge in [-0.3, -0.25) is 9.69 Å². The first kappa shape index (κ1) is 16.7. The van der Waals surface area contributed by atoms with Crippen LogP contribution in [-0.2, 0) is 16.1 Å². The van der Waals surface area contributed by atoms with Crippen LogP contribution in [0.3, 0.4) is 0 Å². The Morgan fingerprint density at radius 2 is 2.05 bits per heavy atom. The van der Waals surface area contributed by atoms with E-state index in [1.807, 2.05) is 22.9 Å². The molecule has 1 N–H and O–H groups in total. The second-order valence-corrected chi connectivity index (χ2v) is 6.83. The lowest BCUT2D eigenvalue weighted by atomic mass is 10.2. The molecule has 1 aromatic carbocycles. The third-order valence-corrected chi connectivity index (χ3v) is 4.38. The summed E-state index contributed by atoms with van der Waals surface area (Å²) in [6, 6.07) is 3.65. The summed E-state index contributed by atoms with van der Waals surface area (Å²) in [7, 11) is 1.87. The highest BCUT2D eigenvalue weighted by Gasteiger charge is 2.19. The van der Waals surface area contributed by atoms with Crippen molar-refractivity contribution in [3.05, 3.63) is 26.6 Å². The average Bonchev–Trinajstić information content (AvgIpc) is 2.45. The van der Waals surface area contributed by atoms with Gasteiger partial charge in [0.05, 0.1) is 24.2 Å². The largest absolute Gasteiger partial charge is 0.506 e. The summed E-state index contributed by atoms with van der Waals surface area (Å²) in [5.41, 5.74) is 0.772. The van der Waals surface area contributed by atoms with Crippen molar-refractivity contribution in [1.29, 1.82) is 0 Å². The molecule has 1 heterocycles. The second kappa shape index (κ2) is 7.58. The highest BCUT2D eigenvalue weighted by Crippen LogP contribution is 2.32.